The lowest BCUT2D eigenvalue weighted by Crippen LogP contribution is -2.57. The van der Waals surface area contributed by atoms with Gasteiger partial charge in [0, 0.05) is 52.4 Å². The van der Waals surface area contributed by atoms with E-state index in [0.717, 1.165) is 6.07 Å². The van der Waals surface area contributed by atoms with Gasteiger partial charge in [0.15, 0.2) is 0 Å². The third-order valence-corrected chi connectivity index (χ3v) is 5.48. The molecule has 1 unspecified atom stereocenters. The van der Waals surface area contributed by atoms with Gasteiger partial charge in [0.2, 0.25) is 11.8 Å². The Morgan fingerprint density at radius 2 is 1.81 bits per heavy atom. The quantitative estimate of drug-likeness (QED) is 0.490. The highest BCUT2D eigenvalue weighted by atomic mass is 35.5. The van der Waals surface area contributed by atoms with E-state index in [1.165, 1.54) is 17.0 Å². The molecule has 2 rings (SSSR count). The van der Waals surface area contributed by atoms with Gasteiger partial charge >= 0.3 is 0 Å². The fourth-order valence-electron chi connectivity index (χ4n) is 3.19. The number of carbonyl (C=O) groups excluding carboxylic acids is 3. The summed E-state index contributed by atoms with van der Waals surface area (Å²) in [6.45, 7) is 6.00. The van der Waals surface area contributed by atoms with Gasteiger partial charge in [-0.2, -0.15) is 0 Å². The van der Waals surface area contributed by atoms with Gasteiger partial charge in [-0.1, -0.05) is 25.4 Å². The SMILES string of the molecule is CC(C)C(NC(=O)c1ccc([N+](=O)[O-])cc1Cl)C(=O)N1CCN(CC(=O)N(C)C)CC1. The van der Waals surface area contributed by atoms with Crippen molar-refractivity contribution in [3.05, 3.63) is 38.9 Å². The largest absolute Gasteiger partial charge is 0.348 e. The summed E-state index contributed by atoms with van der Waals surface area (Å²) in [7, 11) is 3.41. The summed E-state index contributed by atoms with van der Waals surface area (Å²) in [6, 6.07) is 2.81. The third-order valence-electron chi connectivity index (χ3n) is 5.17. The van der Waals surface area contributed by atoms with Crippen molar-refractivity contribution in [2.45, 2.75) is 19.9 Å². The molecule has 1 aromatic rings. The second kappa shape index (κ2) is 10.5. The highest BCUT2D eigenvalue weighted by Gasteiger charge is 2.32. The number of hydrogen-bond donors (Lipinski definition) is 1. The first-order valence-corrected chi connectivity index (χ1v) is 10.3. The molecule has 1 fully saturated rings. The van der Waals surface area contributed by atoms with Crippen LogP contribution in [0.5, 0.6) is 0 Å². The first-order chi connectivity index (χ1) is 14.5. The van der Waals surface area contributed by atoms with Crippen LogP contribution in [0.15, 0.2) is 18.2 Å². The van der Waals surface area contributed by atoms with E-state index >= 15 is 0 Å². The zero-order chi connectivity index (χ0) is 23.3. The van der Waals surface area contributed by atoms with E-state index in [2.05, 4.69) is 5.32 Å². The van der Waals surface area contributed by atoms with Gasteiger partial charge in [-0.3, -0.25) is 29.4 Å². The van der Waals surface area contributed by atoms with Gasteiger partial charge in [-0.15, -0.1) is 0 Å². The first kappa shape index (κ1) is 24.5. The summed E-state index contributed by atoms with van der Waals surface area (Å²) in [5.74, 6) is -0.948. The Kier molecular flexibility index (Phi) is 8.35. The maximum absolute atomic E-state index is 13.1. The van der Waals surface area contributed by atoms with E-state index in [9.17, 15) is 24.5 Å². The number of benzene rings is 1. The third kappa shape index (κ3) is 6.38. The van der Waals surface area contributed by atoms with Crippen LogP contribution in [0.1, 0.15) is 24.2 Å². The number of nitrogens with one attached hydrogen (secondary N) is 1. The zero-order valence-electron chi connectivity index (χ0n) is 18.1. The minimum absolute atomic E-state index is 0.00655. The van der Waals surface area contributed by atoms with Crippen molar-refractivity contribution in [2.24, 2.45) is 5.92 Å². The predicted octanol–water partition coefficient (Wildman–Crippen LogP) is 1.24. The molecule has 0 spiro atoms. The summed E-state index contributed by atoms with van der Waals surface area (Å²) < 4.78 is 0. The van der Waals surface area contributed by atoms with Gasteiger partial charge in [0.1, 0.15) is 6.04 Å². The summed E-state index contributed by atoms with van der Waals surface area (Å²) in [4.78, 5) is 53.1. The van der Waals surface area contributed by atoms with Crippen LogP contribution in [0.25, 0.3) is 0 Å². The van der Waals surface area contributed by atoms with Crippen LogP contribution in [0.3, 0.4) is 0 Å². The molecule has 0 radical (unpaired) electrons. The fourth-order valence-corrected chi connectivity index (χ4v) is 3.45. The van der Waals surface area contributed by atoms with Crippen LogP contribution in [-0.4, -0.2) is 90.2 Å². The maximum atomic E-state index is 13.1. The molecule has 1 N–H and O–H groups in total. The molecule has 0 bridgehead atoms. The molecular formula is C20H28ClN5O5. The van der Waals surface area contributed by atoms with Gasteiger partial charge in [-0.25, -0.2) is 0 Å². The maximum Gasteiger partial charge on any atom is 0.270 e. The second-order valence-corrected chi connectivity index (χ2v) is 8.41. The van der Waals surface area contributed by atoms with Crippen LogP contribution < -0.4 is 5.32 Å². The lowest BCUT2D eigenvalue weighted by atomic mass is 10.0. The van der Waals surface area contributed by atoms with Crippen LogP contribution in [0.2, 0.25) is 5.02 Å². The molecule has 1 atom stereocenters. The highest BCUT2D eigenvalue weighted by molar-refractivity contribution is 6.34. The molecule has 1 aliphatic heterocycles. The van der Waals surface area contributed by atoms with E-state index in [4.69, 9.17) is 11.6 Å². The summed E-state index contributed by atoms with van der Waals surface area (Å²) >= 11 is 6.04. The number of rotatable bonds is 7. The smallest absolute Gasteiger partial charge is 0.270 e. The number of nitrogens with zero attached hydrogens (tertiary/aromatic N) is 4. The molecule has 1 heterocycles. The molecule has 11 heteroatoms. The second-order valence-electron chi connectivity index (χ2n) is 8.01. The fraction of sp³-hybridized carbons (Fsp3) is 0.550. The first-order valence-electron chi connectivity index (χ1n) is 9.97. The van der Waals surface area contributed by atoms with Crippen molar-refractivity contribution in [3.8, 4) is 0 Å². The molecule has 3 amide bonds. The Labute approximate surface area is 186 Å². The topological polar surface area (TPSA) is 116 Å². The number of carbonyl (C=O) groups is 3. The average molecular weight is 454 g/mol. The average Bonchev–Trinajstić information content (AvgIpc) is 2.71. The summed E-state index contributed by atoms with van der Waals surface area (Å²) in [6.07, 6.45) is 0. The lowest BCUT2D eigenvalue weighted by Gasteiger charge is -2.37. The van der Waals surface area contributed by atoms with Crippen molar-refractivity contribution in [3.63, 3.8) is 0 Å². The zero-order valence-corrected chi connectivity index (χ0v) is 18.9. The minimum atomic E-state index is -0.770. The molecule has 170 valence electrons. The Balaban J connectivity index is 2.02. The highest BCUT2D eigenvalue weighted by Crippen LogP contribution is 2.23. The Bertz CT molecular complexity index is 852. The van der Waals surface area contributed by atoms with Gasteiger partial charge in [0.05, 0.1) is 22.1 Å². The van der Waals surface area contributed by atoms with Crippen LogP contribution in [-0.2, 0) is 9.59 Å². The monoisotopic (exact) mass is 453 g/mol. The minimum Gasteiger partial charge on any atom is -0.348 e. The number of nitro groups is 1. The molecule has 1 saturated heterocycles. The van der Waals surface area contributed by atoms with E-state index in [0.29, 0.717) is 32.7 Å². The number of amides is 3. The molecule has 1 aliphatic rings. The Morgan fingerprint density at radius 1 is 1.19 bits per heavy atom. The molecular weight excluding hydrogens is 426 g/mol. The number of likely N-dealkylation sites (N-methyl/N-ethyl adjacent to an activating group) is 1. The van der Waals surface area contributed by atoms with Gasteiger partial charge < -0.3 is 15.1 Å². The Morgan fingerprint density at radius 3 is 2.29 bits per heavy atom. The normalized spacial score (nSPS) is 15.5. The van der Waals surface area contributed by atoms with Crippen LogP contribution in [0, 0.1) is 16.0 Å². The van der Waals surface area contributed by atoms with Gasteiger partial charge in [0.25, 0.3) is 11.6 Å². The summed E-state index contributed by atoms with van der Waals surface area (Å²) in [5, 5.41) is 13.5. The standard InChI is InChI=1S/C20H28ClN5O5/c1-13(2)18(22-19(28)15-6-5-14(26(30)31)11-16(15)21)20(29)25-9-7-24(8-10-25)12-17(27)23(3)4/h5-6,11,13,18H,7-10,12H2,1-4H3,(H,22,28). The van der Waals surface area contributed by atoms with E-state index in [1.54, 1.807) is 19.0 Å². The van der Waals surface area contributed by atoms with Crippen LogP contribution >= 0.6 is 11.6 Å². The van der Waals surface area contributed by atoms with Crippen molar-refractivity contribution in [2.75, 3.05) is 46.8 Å². The predicted molar refractivity (Wildman–Crippen MR) is 116 cm³/mol. The van der Waals surface area contributed by atoms with Crippen molar-refractivity contribution in [1.29, 1.82) is 0 Å². The van der Waals surface area contributed by atoms with Crippen LogP contribution in [0.4, 0.5) is 5.69 Å². The lowest BCUT2D eigenvalue weighted by molar-refractivity contribution is -0.384. The molecule has 0 aliphatic carbocycles. The number of piperazine rings is 1. The molecule has 1 aromatic carbocycles. The number of halogens is 1. The van der Waals surface area contributed by atoms with E-state index in [-0.39, 0.29) is 34.0 Å². The number of hydrogen-bond acceptors (Lipinski definition) is 6. The molecule has 0 saturated carbocycles. The molecule has 31 heavy (non-hydrogen) atoms. The Hall–Kier alpha value is -2.72. The van der Waals surface area contributed by atoms with Gasteiger partial charge in [-0.05, 0) is 12.0 Å². The molecule has 0 aromatic heterocycles. The summed E-state index contributed by atoms with van der Waals surface area (Å²) in [5.41, 5.74) is -0.151. The van der Waals surface area contributed by atoms with Crippen molar-refractivity contribution < 1.29 is 19.3 Å². The molecule has 10 nitrogen and oxygen atoms in total. The van der Waals surface area contributed by atoms with E-state index < -0.39 is 16.9 Å². The number of non-ortho nitro benzene ring substituents is 1. The van der Waals surface area contributed by atoms with Crippen molar-refractivity contribution in [1.82, 2.24) is 20.0 Å². The van der Waals surface area contributed by atoms with E-state index in [1.807, 2.05) is 18.7 Å². The number of nitro benzene ring substituents is 1. The van der Waals surface area contributed by atoms with Crippen molar-refractivity contribution >= 4 is 35.0 Å².